The van der Waals surface area contributed by atoms with Gasteiger partial charge < -0.3 is 14.7 Å². The molecule has 0 radical (unpaired) electrons. The van der Waals surface area contributed by atoms with Crippen molar-refractivity contribution in [3.8, 4) is 11.8 Å². The van der Waals surface area contributed by atoms with Crippen molar-refractivity contribution >= 4 is 57.3 Å². The Bertz CT molecular complexity index is 1390. The molecular formula is C29H30BrClN4O4. The van der Waals surface area contributed by atoms with E-state index in [0.29, 0.717) is 21.3 Å². The van der Waals surface area contributed by atoms with Crippen LogP contribution in [0.5, 0.6) is 5.75 Å². The van der Waals surface area contributed by atoms with E-state index in [9.17, 15) is 20.0 Å². The van der Waals surface area contributed by atoms with E-state index in [0.717, 1.165) is 42.9 Å². The molecule has 39 heavy (non-hydrogen) atoms. The largest absolute Gasteiger partial charge is 0.496 e. The van der Waals surface area contributed by atoms with Crippen molar-refractivity contribution < 1.29 is 19.4 Å². The number of piperidine rings is 1. The molecule has 2 N–H and O–H groups in total. The van der Waals surface area contributed by atoms with Crippen molar-refractivity contribution in [1.82, 2.24) is 5.43 Å². The zero-order chi connectivity index (χ0) is 27.2. The molecule has 0 saturated carbocycles. The first-order chi connectivity index (χ1) is 18.3. The van der Waals surface area contributed by atoms with Gasteiger partial charge >= 0.3 is 5.97 Å². The smallest absolute Gasteiger partial charge is 0.339 e. The second-order valence-corrected chi connectivity index (χ2v) is 10.00. The molecule has 0 aliphatic carbocycles. The second-order valence-electron chi connectivity index (χ2n) is 9.15. The van der Waals surface area contributed by atoms with E-state index in [1.54, 1.807) is 23.2 Å². The number of aromatic carboxylic acids is 1. The molecule has 1 heterocycles. The van der Waals surface area contributed by atoms with Crippen LogP contribution in [0.1, 0.15) is 46.3 Å². The molecule has 0 spiro atoms. The number of nitriles is 1. The maximum absolute atomic E-state index is 13.5. The molecule has 1 fully saturated rings. The summed E-state index contributed by atoms with van der Waals surface area (Å²) in [5, 5.41) is 20.5. The summed E-state index contributed by atoms with van der Waals surface area (Å²) in [7, 11) is 1.40. The van der Waals surface area contributed by atoms with Gasteiger partial charge in [-0.05, 0) is 79.8 Å². The summed E-state index contributed by atoms with van der Waals surface area (Å²) in [6.45, 7) is 3.89. The number of hydrazine groups is 1. The Morgan fingerprint density at radius 3 is 2.44 bits per heavy atom. The number of carboxylic acids is 1. The predicted octanol–water partition coefficient (Wildman–Crippen LogP) is 6.16. The van der Waals surface area contributed by atoms with E-state index in [1.165, 1.54) is 19.6 Å². The molecule has 10 heteroatoms. The number of carbonyl (C=O) groups is 2. The van der Waals surface area contributed by atoms with Crippen LogP contribution in [-0.2, 0) is 11.2 Å². The molecule has 8 nitrogen and oxygen atoms in total. The van der Waals surface area contributed by atoms with Crippen molar-refractivity contribution in [3.05, 3.63) is 81.3 Å². The third-order valence-corrected chi connectivity index (χ3v) is 7.32. The number of benzene rings is 3. The number of methoxy groups -OCH3 is 1. The minimum Gasteiger partial charge on any atom is -0.496 e. The van der Waals surface area contributed by atoms with Gasteiger partial charge in [-0.15, -0.1) is 12.4 Å². The van der Waals surface area contributed by atoms with Gasteiger partial charge in [-0.25, -0.2) is 4.79 Å². The fourth-order valence-electron chi connectivity index (χ4n) is 4.66. The van der Waals surface area contributed by atoms with Crippen LogP contribution in [0, 0.1) is 18.3 Å². The second kappa shape index (κ2) is 13.4. The Hall–Kier alpha value is -3.74. The van der Waals surface area contributed by atoms with Crippen LogP contribution in [0.15, 0.2) is 59.1 Å². The zero-order valence-electron chi connectivity index (χ0n) is 21.7. The van der Waals surface area contributed by atoms with Crippen LogP contribution in [0.3, 0.4) is 0 Å². The van der Waals surface area contributed by atoms with Gasteiger partial charge in [0, 0.05) is 17.6 Å². The lowest BCUT2D eigenvalue weighted by Gasteiger charge is -2.35. The monoisotopic (exact) mass is 612 g/mol. The van der Waals surface area contributed by atoms with E-state index in [-0.39, 0.29) is 36.0 Å². The summed E-state index contributed by atoms with van der Waals surface area (Å²) in [6, 6.07) is 18.3. The number of carbonyl (C=O) groups excluding carboxylic acids is 1. The number of hydrogen-bond acceptors (Lipinski definition) is 6. The Balaban J connectivity index is 0.00000420. The summed E-state index contributed by atoms with van der Waals surface area (Å²) in [5.41, 5.74) is 7.78. The highest BCUT2D eigenvalue weighted by Gasteiger charge is 2.24. The van der Waals surface area contributed by atoms with Gasteiger partial charge in [-0.2, -0.15) is 5.26 Å². The van der Waals surface area contributed by atoms with Crippen LogP contribution >= 0.6 is 28.3 Å². The molecule has 204 valence electrons. The fourth-order valence-corrected chi connectivity index (χ4v) is 5.15. The molecule has 1 aliphatic heterocycles. The van der Waals surface area contributed by atoms with Crippen LogP contribution in [0.4, 0.5) is 17.1 Å². The third-order valence-electron chi connectivity index (χ3n) is 6.58. The quantitative estimate of drug-likeness (QED) is 0.293. The Morgan fingerprint density at radius 2 is 1.82 bits per heavy atom. The first kappa shape index (κ1) is 29.8. The molecule has 1 aliphatic rings. The van der Waals surface area contributed by atoms with Gasteiger partial charge in [0.25, 0.3) is 0 Å². The summed E-state index contributed by atoms with van der Waals surface area (Å²) >= 11 is 3.40. The van der Waals surface area contributed by atoms with E-state index in [1.807, 2.05) is 31.2 Å². The lowest BCUT2D eigenvalue weighted by molar-refractivity contribution is -0.120. The lowest BCUT2D eigenvalue weighted by Crippen LogP contribution is -2.41. The molecule has 0 bridgehead atoms. The number of hydrogen-bond donors (Lipinski definition) is 2. The molecule has 0 aromatic heterocycles. The number of halogens is 2. The maximum atomic E-state index is 13.5. The Labute approximate surface area is 242 Å². The van der Waals surface area contributed by atoms with Crippen molar-refractivity contribution in [2.75, 3.05) is 30.1 Å². The van der Waals surface area contributed by atoms with Crippen LogP contribution in [0.2, 0.25) is 0 Å². The van der Waals surface area contributed by atoms with Crippen LogP contribution in [-0.4, -0.2) is 37.2 Å². The number of para-hydroxylation sites is 1. The summed E-state index contributed by atoms with van der Waals surface area (Å²) in [6.07, 6.45) is 3.40. The number of anilines is 3. The number of aryl methyl sites for hydroxylation is 1. The van der Waals surface area contributed by atoms with Crippen molar-refractivity contribution in [2.24, 2.45) is 0 Å². The Morgan fingerprint density at radius 1 is 1.13 bits per heavy atom. The number of carboxylic acid groups (broad SMARTS) is 1. The number of nitrogens with zero attached hydrogens (tertiary/aromatic N) is 3. The van der Waals surface area contributed by atoms with Crippen molar-refractivity contribution in [2.45, 2.75) is 32.6 Å². The highest BCUT2D eigenvalue weighted by Crippen LogP contribution is 2.37. The predicted molar refractivity (Wildman–Crippen MR) is 157 cm³/mol. The molecule has 0 unspecified atom stereocenters. The third kappa shape index (κ3) is 6.83. The van der Waals surface area contributed by atoms with Crippen molar-refractivity contribution in [3.63, 3.8) is 0 Å². The fraction of sp³-hybridized carbons (Fsp3) is 0.276. The van der Waals surface area contributed by atoms with Gasteiger partial charge in [-0.1, -0.05) is 28.1 Å². The zero-order valence-corrected chi connectivity index (χ0v) is 24.1. The minimum absolute atomic E-state index is 0. The van der Waals surface area contributed by atoms with E-state index in [2.05, 4.69) is 38.4 Å². The van der Waals surface area contributed by atoms with E-state index < -0.39 is 5.97 Å². The molecule has 1 saturated heterocycles. The minimum atomic E-state index is -1.12. The number of rotatable bonds is 8. The van der Waals surface area contributed by atoms with Gasteiger partial charge in [0.1, 0.15) is 11.3 Å². The van der Waals surface area contributed by atoms with E-state index in [4.69, 9.17) is 4.74 Å². The molecule has 0 atom stereocenters. The van der Waals surface area contributed by atoms with Crippen LogP contribution < -0.4 is 20.1 Å². The SMILES string of the molecule is COc1cc(CC(=O)NN(c2ccc(C#N)cc2)c2c(C)cccc2N2CCCCC2)c(Br)cc1C(=O)O.Cl. The highest BCUT2D eigenvalue weighted by atomic mass is 79.9. The average molecular weight is 614 g/mol. The summed E-state index contributed by atoms with van der Waals surface area (Å²) in [4.78, 5) is 27.4. The van der Waals surface area contributed by atoms with Crippen molar-refractivity contribution in [1.29, 1.82) is 5.26 Å². The van der Waals surface area contributed by atoms with Gasteiger partial charge in [0.05, 0.1) is 42.2 Å². The van der Waals surface area contributed by atoms with Gasteiger partial charge in [0.2, 0.25) is 5.91 Å². The summed E-state index contributed by atoms with van der Waals surface area (Å²) < 4.78 is 5.75. The lowest BCUT2D eigenvalue weighted by atomic mass is 10.1. The Kier molecular flexibility index (Phi) is 10.2. The van der Waals surface area contributed by atoms with Crippen LogP contribution in [0.25, 0.3) is 0 Å². The standard InChI is InChI=1S/C29H29BrN4O4.ClH/c1-19-7-6-8-25(33-13-4-3-5-14-33)28(19)34(22-11-9-20(18-31)10-12-22)32-27(35)16-21-15-26(38-2)23(29(36)37)17-24(21)30;/h6-12,15,17H,3-5,13-14,16H2,1-2H3,(H,32,35)(H,36,37);1H. The molecule has 3 aromatic carbocycles. The molecule has 1 amide bonds. The molecule has 4 rings (SSSR count). The van der Waals surface area contributed by atoms with Gasteiger partial charge in [0.15, 0.2) is 0 Å². The highest BCUT2D eigenvalue weighted by molar-refractivity contribution is 9.10. The topological polar surface area (TPSA) is 106 Å². The summed E-state index contributed by atoms with van der Waals surface area (Å²) in [5.74, 6) is -1.23. The number of ether oxygens (including phenoxy) is 1. The number of amides is 1. The average Bonchev–Trinajstić information content (AvgIpc) is 2.93. The number of nitrogens with one attached hydrogen (secondary N) is 1. The molecular weight excluding hydrogens is 584 g/mol. The maximum Gasteiger partial charge on any atom is 0.339 e. The first-order valence-corrected chi connectivity index (χ1v) is 13.2. The normalized spacial score (nSPS) is 12.6. The van der Waals surface area contributed by atoms with E-state index >= 15 is 0 Å². The van der Waals surface area contributed by atoms with Gasteiger partial charge in [-0.3, -0.25) is 15.2 Å². The molecule has 3 aromatic rings. The first-order valence-electron chi connectivity index (χ1n) is 12.4.